The van der Waals surface area contributed by atoms with Gasteiger partial charge in [-0.3, -0.25) is 4.55 Å². The third kappa shape index (κ3) is 6.17. The minimum atomic E-state index is -4.84. The highest BCUT2D eigenvalue weighted by molar-refractivity contribution is 7.91. The number of phenolic OH excluding ortho intramolecular Hbond substituents is 1. The van der Waals surface area contributed by atoms with Gasteiger partial charge in [-0.05, 0) is 54.6 Å². The third-order valence-electron chi connectivity index (χ3n) is 6.23. The van der Waals surface area contributed by atoms with Crippen molar-refractivity contribution in [3.05, 3.63) is 60.7 Å². The third-order valence-corrected chi connectivity index (χ3v) is 8.84. The van der Waals surface area contributed by atoms with Crippen molar-refractivity contribution in [2.75, 3.05) is 32.3 Å². The normalized spacial score (nSPS) is 12.3. The van der Waals surface area contributed by atoms with Gasteiger partial charge in [0.15, 0.2) is 15.6 Å². The van der Waals surface area contributed by atoms with Gasteiger partial charge < -0.3 is 19.9 Å². The zero-order valence-electron chi connectivity index (χ0n) is 22.9. The van der Waals surface area contributed by atoms with E-state index in [1.54, 1.807) is 37.4 Å². The van der Waals surface area contributed by atoms with Crippen LogP contribution in [0.1, 0.15) is 6.92 Å². The molecule has 0 aliphatic heterocycles. The minimum Gasteiger partial charge on any atom is -0.506 e. The van der Waals surface area contributed by atoms with E-state index in [-0.39, 0.29) is 27.8 Å². The van der Waals surface area contributed by atoms with Crippen LogP contribution in [0.25, 0.3) is 10.8 Å². The number of rotatable bonds is 10. The van der Waals surface area contributed by atoms with E-state index >= 15 is 0 Å². The Balaban J connectivity index is 1.84. The Morgan fingerprint density at radius 1 is 0.786 bits per heavy atom. The molecule has 0 heterocycles. The quantitative estimate of drug-likeness (QED) is 0.133. The van der Waals surface area contributed by atoms with Crippen molar-refractivity contribution in [2.24, 2.45) is 20.5 Å². The lowest BCUT2D eigenvalue weighted by Gasteiger charge is -2.13. The first-order valence-corrected chi connectivity index (χ1v) is 15.4. The number of methoxy groups -OCH3 is 2. The Morgan fingerprint density at radius 2 is 1.45 bits per heavy atom. The second-order valence-corrected chi connectivity index (χ2v) is 12.4. The van der Waals surface area contributed by atoms with Crippen LogP contribution < -0.4 is 14.8 Å². The van der Waals surface area contributed by atoms with E-state index in [0.717, 1.165) is 12.1 Å². The molecule has 13 nitrogen and oxygen atoms in total. The van der Waals surface area contributed by atoms with Gasteiger partial charge in [0, 0.05) is 23.9 Å². The number of anilines is 1. The molecule has 0 aliphatic carbocycles. The molecule has 0 saturated carbocycles. The fraction of sp³-hybridized carbons (Fsp3) is 0.185. The van der Waals surface area contributed by atoms with Crippen molar-refractivity contribution < 1.29 is 36.0 Å². The minimum absolute atomic E-state index is 0.0924. The molecule has 220 valence electrons. The SMILES string of the molecule is CCS(=O)(=O)c1ccc(/N=N/c2c(NC)ccc3c(OC)c(/N=N/c4cc(OC)ccc4O)ccc23)c(S(=O)(=O)O)c1. The summed E-state index contributed by atoms with van der Waals surface area (Å²) in [7, 11) is -3.99. The van der Waals surface area contributed by atoms with Crippen LogP contribution in [-0.2, 0) is 20.0 Å². The Bertz CT molecular complexity index is 1940. The van der Waals surface area contributed by atoms with E-state index in [1.807, 2.05) is 0 Å². The summed E-state index contributed by atoms with van der Waals surface area (Å²) in [5.74, 6) is 0.473. The van der Waals surface area contributed by atoms with Gasteiger partial charge in [-0.15, -0.1) is 20.5 Å². The van der Waals surface area contributed by atoms with Crippen LogP contribution in [0.2, 0.25) is 0 Å². The standard InChI is InChI=1S/C27H27N5O8S2/c1-5-41(34,35)17-7-10-20(25(15-17)42(36,37)38)29-32-26-18-8-12-22(27(40-4)19(18)9-11-21(26)28-2)30-31-23-14-16(39-3)6-13-24(23)33/h6-15,28,33H,5H2,1-4H3,(H,36,37,38)/b31-30+,32-29+. The molecule has 0 aliphatic rings. The summed E-state index contributed by atoms with van der Waals surface area (Å²) in [6, 6.07) is 14.5. The van der Waals surface area contributed by atoms with E-state index in [9.17, 15) is 26.5 Å². The van der Waals surface area contributed by atoms with Crippen molar-refractivity contribution in [1.29, 1.82) is 0 Å². The number of nitrogens with one attached hydrogen (secondary N) is 1. The van der Waals surface area contributed by atoms with Crippen molar-refractivity contribution in [1.82, 2.24) is 0 Å². The Morgan fingerprint density at radius 3 is 2.10 bits per heavy atom. The molecule has 0 bridgehead atoms. The Kier molecular flexibility index (Phi) is 8.75. The molecule has 0 unspecified atom stereocenters. The Hall–Kier alpha value is -4.60. The predicted octanol–water partition coefficient (Wildman–Crippen LogP) is 6.48. The second-order valence-electron chi connectivity index (χ2n) is 8.69. The number of azo groups is 2. The van der Waals surface area contributed by atoms with Gasteiger partial charge >= 0.3 is 0 Å². The van der Waals surface area contributed by atoms with Gasteiger partial charge in [-0.1, -0.05) is 6.92 Å². The largest absolute Gasteiger partial charge is 0.506 e. The zero-order valence-corrected chi connectivity index (χ0v) is 24.6. The maximum absolute atomic E-state index is 12.3. The summed E-state index contributed by atoms with van der Waals surface area (Å²) in [5.41, 5.74) is 1.09. The van der Waals surface area contributed by atoms with Crippen LogP contribution in [0.3, 0.4) is 0 Å². The van der Waals surface area contributed by atoms with E-state index in [2.05, 4.69) is 25.8 Å². The maximum atomic E-state index is 12.3. The van der Waals surface area contributed by atoms with E-state index in [0.29, 0.717) is 39.3 Å². The number of aromatic hydroxyl groups is 1. The highest BCUT2D eigenvalue weighted by Crippen LogP contribution is 2.44. The van der Waals surface area contributed by atoms with Crippen molar-refractivity contribution in [3.63, 3.8) is 0 Å². The molecule has 0 atom stereocenters. The van der Waals surface area contributed by atoms with Crippen LogP contribution in [0.4, 0.5) is 28.4 Å². The van der Waals surface area contributed by atoms with Crippen LogP contribution in [0.5, 0.6) is 17.2 Å². The highest BCUT2D eigenvalue weighted by Gasteiger charge is 2.21. The zero-order chi connectivity index (χ0) is 30.7. The summed E-state index contributed by atoms with van der Waals surface area (Å²) in [4.78, 5) is -0.973. The first-order chi connectivity index (χ1) is 19.9. The first-order valence-electron chi connectivity index (χ1n) is 12.3. The van der Waals surface area contributed by atoms with Crippen LogP contribution >= 0.6 is 0 Å². The van der Waals surface area contributed by atoms with Crippen molar-refractivity contribution in [3.8, 4) is 17.2 Å². The number of sulfone groups is 1. The lowest BCUT2D eigenvalue weighted by atomic mass is 10.1. The molecule has 0 amide bonds. The number of ether oxygens (including phenoxy) is 2. The van der Waals surface area contributed by atoms with Crippen LogP contribution in [0.15, 0.2) is 90.9 Å². The molecule has 0 spiro atoms. The molecule has 0 radical (unpaired) electrons. The average molecular weight is 614 g/mol. The number of benzene rings is 4. The van der Waals surface area contributed by atoms with Gasteiger partial charge in [0.05, 0.1) is 30.6 Å². The number of nitrogens with zero attached hydrogens (tertiary/aromatic N) is 4. The van der Waals surface area contributed by atoms with Crippen LogP contribution in [-0.4, -0.2) is 53.5 Å². The molecule has 4 aromatic carbocycles. The molecule has 0 saturated heterocycles. The molecule has 4 rings (SSSR count). The van der Waals surface area contributed by atoms with Crippen molar-refractivity contribution in [2.45, 2.75) is 16.7 Å². The van der Waals surface area contributed by atoms with Gasteiger partial charge in [-0.25, -0.2) is 8.42 Å². The molecular weight excluding hydrogens is 586 g/mol. The van der Waals surface area contributed by atoms with E-state index in [4.69, 9.17) is 9.47 Å². The molecule has 4 aromatic rings. The summed E-state index contributed by atoms with van der Waals surface area (Å²) in [6.45, 7) is 1.42. The second kappa shape index (κ2) is 12.1. The lowest BCUT2D eigenvalue weighted by molar-refractivity contribution is 0.412. The smallest absolute Gasteiger partial charge is 0.296 e. The molecule has 15 heteroatoms. The maximum Gasteiger partial charge on any atom is 0.296 e. The topological polar surface area (TPSA) is 189 Å². The Labute approximate surface area is 242 Å². The van der Waals surface area contributed by atoms with Gasteiger partial charge in [0.1, 0.15) is 39.1 Å². The molecule has 3 N–H and O–H groups in total. The fourth-order valence-corrected chi connectivity index (χ4v) is 5.65. The average Bonchev–Trinajstić information content (AvgIpc) is 2.98. The van der Waals surface area contributed by atoms with Crippen LogP contribution in [0, 0.1) is 0 Å². The summed E-state index contributed by atoms with van der Waals surface area (Å²) >= 11 is 0. The number of hydrogen-bond donors (Lipinski definition) is 3. The number of hydrogen-bond acceptors (Lipinski definition) is 12. The monoisotopic (exact) mass is 613 g/mol. The number of phenols is 1. The number of fused-ring (bicyclic) bond motifs is 1. The molecule has 0 fully saturated rings. The highest BCUT2D eigenvalue weighted by atomic mass is 32.2. The summed E-state index contributed by atoms with van der Waals surface area (Å²) in [6.07, 6.45) is 0. The van der Waals surface area contributed by atoms with Gasteiger partial charge in [-0.2, -0.15) is 8.42 Å². The summed E-state index contributed by atoms with van der Waals surface area (Å²) < 4.78 is 69.3. The first kappa shape index (κ1) is 30.4. The fourth-order valence-electron chi connectivity index (χ4n) is 4.02. The van der Waals surface area contributed by atoms with E-state index < -0.39 is 24.9 Å². The van der Waals surface area contributed by atoms with Crippen molar-refractivity contribution >= 4 is 59.2 Å². The lowest BCUT2D eigenvalue weighted by Crippen LogP contribution is -2.06. The van der Waals surface area contributed by atoms with Gasteiger partial charge in [0.25, 0.3) is 10.1 Å². The predicted molar refractivity (Wildman–Crippen MR) is 157 cm³/mol. The molecule has 42 heavy (non-hydrogen) atoms. The summed E-state index contributed by atoms with van der Waals surface area (Å²) in [5, 5.41) is 31.0. The van der Waals surface area contributed by atoms with Gasteiger partial charge in [0.2, 0.25) is 0 Å². The van der Waals surface area contributed by atoms with E-state index in [1.165, 1.54) is 39.3 Å². The molecular formula is C27H27N5O8S2. The molecule has 0 aromatic heterocycles.